The fourth-order valence-electron chi connectivity index (χ4n) is 3.99. The van der Waals surface area contributed by atoms with Crippen molar-refractivity contribution in [3.8, 4) is 0 Å². The summed E-state index contributed by atoms with van der Waals surface area (Å²) in [4.78, 5) is 25.1. The molecule has 0 aliphatic carbocycles. The van der Waals surface area contributed by atoms with E-state index in [1.54, 1.807) is 0 Å². The zero-order valence-electron chi connectivity index (χ0n) is 17.1. The summed E-state index contributed by atoms with van der Waals surface area (Å²) in [5.74, 6) is 0.370. The Morgan fingerprint density at radius 3 is 2.32 bits per heavy atom. The maximum Gasteiger partial charge on any atom is 0.353 e. The molecule has 1 saturated heterocycles. The Hall–Kier alpha value is -2.33. The first-order chi connectivity index (χ1) is 13.0. The van der Waals surface area contributed by atoms with Crippen LogP contribution in [0.1, 0.15) is 51.1 Å². The van der Waals surface area contributed by atoms with Gasteiger partial charge in [0.2, 0.25) is 11.6 Å². The van der Waals surface area contributed by atoms with Crippen LogP contribution in [0.25, 0.3) is 0 Å². The van der Waals surface area contributed by atoms with Crippen molar-refractivity contribution < 1.29 is 4.92 Å². The van der Waals surface area contributed by atoms with Gasteiger partial charge < -0.3 is 16.0 Å². The summed E-state index contributed by atoms with van der Waals surface area (Å²) in [5, 5.41) is 22.3. The minimum Gasteiger partial charge on any atom is -0.361 e. The summed E-state index contributed by atoms with van der Waals surface area (Å²) >= 11 is 1.44. The first kappa shape index (κ1) is 20.4. The van der Waals surface area contributed by atoms with Crippen LogP contribution in [0, 0.1) is 24.0 Å². The summed E-state index contributed by atoms with van der Waals surface area (Å²) in [6.45, 7) is 12.4. The van der Waals surface area contributed by atoms with Gasteiger partial charge in [0.25, 0.3) is 0 Å². The van der Waals surface area contributed by atoms with E-state index in [0.717, 1.165) is 23.4 Å². The highest BCUT2D eigenvalue weighted by atomic mass is 32.1. The highest BCUT2D eigenvalue weighted by Crippen LogP contribution is 2.36. The zero-order valence-corrected chi connectivity index (χ0v) is 17.9. The summed E-state index contributed by atoms with van der Waals surface area (Å²) < 4.78 is 0. The molecule has 0 saturated carbocycles. The van der Waals surface area contributed by atoms with Crippen molar-refractivity contribution in [2.24, 2.45) is 0 Å². The quantitative estimate of drug-likeness (QED) is 0.506. The molecule has 2 aromatic rings. The second-order valence-corrected chi connectivity index (χ2v) is 9.81. The van der Waals surface area contributed by atoms with Crippen molar-refractivity contribution in [3.63, 3.8) is 0 Å². The molecule has 3 rings (SSSR count). The third-order valence-corrected chi connectivity index (χ3v) is 5.78. The highest BCUT2D eigenvalue weighted by molar-refractivity contribution is 7.15. The van der Waals surface area contributed by atoms with E-state index in [-0.39, 0.29) is 34.4 Å². The average Bonchev–Trinajstić information content (AvgIpc) is 2.81. The van der Waals surface area contributed by atoms with Crippen LogP contribution < -0.4 is 16.0 Å². The molecule has 9 nitrogen and oxygen atoms in total. The van der Waals surface area contributed by atoms with Crippen molar-refractivity contribution in [1.82, 2.24) is 20.3 Å². The Bertz CT molecular complexity index is 859. The normalized spacial score (nSPS) is 18.6. The van der Waals surface area contributed by atoms with E-state index in [1.165, 1.54) is 17.7 Å². The molecule has 3 N–H and O–H groups in total. The molecule has 3 heterocycles. The van der Waals surface area contributed by atoms with Crippen molar-refractivity contribution in [3.05, 3.63) is 27.0 Å². The topological polar surface area (TPSA) is 118 Å². The van der Waals surface area contributed by atoms with E-state index < -0.39 is 4.92 Å². The van der Waals surface area contributed by atoms with Gasteiger partial charge in [-0.25, -0.2) is 15.0 Å². The monoisotopic (exact) mass is 405 g/mol. The molecule has 0 atom stereocenters. The molecule has 1 fully saturated rings. The molecule has 1 aliphatic heterocycles. The Morgan fingerprint density at radius 1 is 1.18 bits per heavy atom. The fourth-order valence-corrected chi connectivity index (χ4v) is 4.81. The zero-order chi connectivity index (χ0) is 20.7. The van der Waals surface area contributed by atoms with Gasteiger partial charge in [0.05, 0.1) is 10.6 Å². The smallest absolute Gasteiger partial charge is 0.353 e. The Kier molecular flexibility index (Phi) is 5.28. The first-order valence-electron chi connectivity index (χ1n) is 9.22. The number of piperidine rings is 1. The van der Waals surface area contributed by atoms with E-state index in [9.17, 15) is 10.1 Å². The molecule has 152 valence electrons. The molecule has 0 bridgehead atoms. The van der Waals surface area contributed by atoms with Crippen molar-refractivity contribution in [1.29, 1.82) is 0 Å². The van der Waals surface area contributed by atoms with Crippen molar-refractivity contribution in [2.75, 3.05) is 10.6 Å². The van der Waals surface area contributed by atoms with Gasteiger partial charge in [-0.2, -0.15) is 0 Å². The number of nitrogens with one attached hydrogen (secondary N) is 3. The molecule has 0 unspecified atom stereocenters. The maximum absolute atomic E-state index is 11.8. The summed E-state index contributed by atoms with van der Waals surface area (Å²) in [7, 11) is 0. The number of aromatic nitrogens is 3. The van der Waals surface area contributed by atoms with E-state index in [1.807, 2.05) is 13.8 Å². The van der Waals surface area contributed by atoms with Gasteiger partial charge in [-0.1, -0.05) is 0 Å². The van der Waals surface area contributed by atoms with Crippen molar-refractivity contribution in [2.45, 2.75) is 71.5 Å². The maximum atomic E-state index is 11.8. The number of anilines is 3. The molecule has 28 heavy (non-hydrogen) atoms. The van der Waals surface area contributed by atoms with Crippen LogP contribution in [0.3, 0.4) is 0 Å². The van der Waals surface area contributed by atoms with E-state index in [4.69, 9.17) is 0 Å². The lowest BCUT2D eigenvalue weighted by Crippen LogP contribution is -2.60. The van der Waals surface area contributed by atoms with Gasteiger partial charge >= 0.3 is 5.69 Å². The van der Waals surface area contributed by atoms with Crippen molar-refractivity contribution >= 4 is 33.8 Å². The van der Waals surface area contributed by atoms with Crippen LogP contribution >= 0.6 is 11.3 Å². The molecule has 0 aromatic carbocycles. The van der Waals surface area contributed by atoms with Crippen LogP contribution in [0.5, 0.6) is 0 Å². The first-order valence-corrected chi connectivity index (χ1v) is 10.0. The van der Waals surface area contributed by atoms with Gasteiger partial charge in [-0.15, -0.1) is 11.3 Å². The number of hydrogen-bond acceptors (Lipinski definition) is 9. The predicted molar refractivity (Wildman–Crippen MR) is 111 cm³/mol. The van der Waals surface area contributed by atoms with Crippen LogP contribution in [-0.2, 0) is 0 Å². The summed E-state index contributed by atoms with van der Waals surface area (Å²) in [6, 6.07) is 0.0528. The Balaban J connectivity index is 1.90. The molecular weight excluding hydrogens is 378 g/mol. The van der Waals surface area contributed by atoms with E-state index >= 15 is 0 Å². The minimum absolute atomic E-state index is 0.0528. The summed E-state index contributed by atoms with van der Waals surface area (Å²) in [5.41, 5.74) is 0.556. The molecule has 1 aliphatic rings. The van der Waals surface area contributed by atoms with E-state index in [0.29, 0.717) is 5.13 Å². The SMILES string of the molecule is Cc1nc(Nc2ncnc(NC3CC(C)(C)NC(C)(C)C3)c2[N+](=O)[O-])sc1C. The van der Waals surface area contributed by atoms with Gasteiger partial charge in [0.15, 0.2) is 5.13 Å². The van der Waals surface area contributed by atoms with Gasteiger partial charge in [0.1, 0.15) is 6.33 Å². The number of thiazole rings is 1. The van der Waals surface area contributed by atoms with Crippen LogP contribution in [0.2, 0.25) is 0 Å². The molecular formula is C18H27N7O2S. The second kappa shape index (κ2) is 7.25. The average molecular weight is 406 g/mol. The molecule has 0 radical (unpaired) electrons. The third kappa shape index (κ3) is 4.56. The fraction of sp³-hybridized carbons (Fsp3) is 0.611. The lowest BCUT2D eigenvalue weighted by atomic mass is 9.79. The lowest BCUT2D eigenvalue weighted by molar-refractivity contribution is -0.383. The van der Waals surface area contributed by atoms with Gasteiger partial charge in [-0.3, -0.25) is 10.1 Å². The molecule has 2 aromatic heterocycles. The second-order valence-electron chi connectivity index (χ2n) is 8.60. The van der Waals surface area contributed by atoms with Gasteiger partial charge in [-0.05, 0) is 54.4 Å². The molecule has 10 heteroatoms. The predicted octanol–water partition coefficient (Wildman–Crippen LogP) is 3.92. The van der Waals surface area contributed by atoms with Crippen LogP contribution in [-0.4, -0.2) is 37.0 Å². The number of aryl methyl sites for hydroxylation is 2. The largest absolute Gasteiger partial charge is 0.361 e. The van der Waals surface area contributed by atoms with E-state index in [2.05, 4.69) is 58.6 Å². The lowest BCUT2D eigenvalue weighted by Gasteiger charge is -2.46. The number of nitrogens with zero attached hydrogens (tertiary/aromatic N) is 4. The standard InChI is InChI=1S/C18H27N7O2S/c1-10-11(2)28-16(21-10)23-15-13(25(26)27)14(19-9-20-15)22-12-7-17(3,4)24-18(5,6)8-12/h9,12,24H,7-8H2,1-6H3,(H2,19,20,21,22,23). The van der Waals surface area contributed by atoms with Crippen LogP contribution in [0.4, 0.5) is 22.5 Å². The Morgan fingerprint density at radius 2 is 1.79 bits per heavy atom. The summed E-state index contributed by atoms with van der Waals surface area (Å²) in [6.07, 6.45) is 2.98. The van der Waals surface area contributed by atoms with Gasteiger partial charge in [0, 0.05) is 22.0 Å². The highest BCUT2D eigenvalue weighted by Gasteiger charge is 2.38. The minimum atomic E-state index is -0.449. The molecule has 0 amide bonds. The Labute approximate surface area is 168 Å². The number of nitro groups is 1. The third-order valence-electron chi connectivity index (χ3n) is 4.79. The van der Waals surface area contributed by atoms with Crippen LogP contribution in [0.15, 0.2) is 6.33 Å². The molecule has 0 spiro atoms. The number of hydrogen-bond donors (Lipinski definition) is 3. The number of rotatable bonds is 5.